The molecule has 4 saturated carbocycles. The Morgan fingerprint density at radius 3 is 2.50 bits per heavy atom. The maximum absolute atomic E-state index is 11.9. The zero-order chi connectivity index (χ0) is 24.0. The number of fused-ring (bicyclic) bond motifs is 7. The Kier molecular flexibility index (Phi) is 5.53. The molecule has 0 amide bonds. The third-order valence-electron chi connectivity index (χ3n) is 12.3. The molecule has 2 aliphatic heterocycles. The minimum Gasteiger partial charge on any atom is -0.463 e. The van der Waals surface area contributed by atoms with Gasteiger partial charge in [0.2, 0.25) is 0 Å². The Morgan fingerprint density at radius 1 is 1.00 bits per heavy atom. The van der Waals surface area contributed by atoms with Crippen molar-refractivity contribution in [3.8, 4) is 0 Å². The van der Waals surface area contributed by atoms with Crippen LogP contribution in [0.25, 0.3) is 0 Å². The van der Waals surface area contributed by atoms with Crippen molar-refractivity contribution in [2.24, 2.45) is 52.3 Å². The number of aliphatic hydroxyl groups is 1. The van der Waals surface area contributed by atoms with Crippen LogP contribution in [0.3, 0.4) is 0 Å². The molecule has 1 N–H and O–H groups in total. The number of hydrogen-bond donors (Lipinski definition) is 1. The Hall–Kier alpha value is -0.650. The van der Waals surface area contributed by atoms with E-state index in [9.17, 15) is 9.90 Å². The molecule has 13 unspecified atom stereocenters. The smallest absolute Gasteiger partial charge is 0.302 e. The van der Waals surface area contributed by atoms with Gasteiger partial charge in [-0.05, 0) is 86.4 Å². The Balaban J connectivity index is 1.24. The maximum atomic E-state index is 11.9. The van der Waals surface area contributed by atoms with Crippen LogP contribution in [0.4, 0.5) is 0 Å². The molecule has 13 atom stereocenters. The van der Waals surface area contributed by atoms with Crippen molar-refractivity contribution in [2.45, 2.75) is 117 Å². The monoisotopic (exact) mass is 474 g/mol. The van der Waals surface area contributed by atoms with Crippen LogP contribution in [-0.4, -0.2) is 41.8 Å². The van der Waals surface area contributed by atoms with Gasteiger partial charge in [-0.3, -0.25) is 4.79 Å². The molecule has 6 aliphatic rings. The topological polar surface area (TPSA) is 65.0 Å². The van der Waals surface area contributed by atoms with E-state index >= 15 is 0 Å². The lowest BCUT2D eigenvalue weighted by Gasteiger charge is -2.62. The van der Waals surface area contributed by atoms with Crippen molar-refractivity contribution in [2.75, 3.05) is 6.61 Å². The summed E-state index contributed by atoms with van der Waals surface area (Å²) in [7, 11) is 0. The summed E-state index contributed by atoms with van der Waals surface area (Å²) in [6.07, 6.45) is 9.76. The van der Waals surface area contributed by atoms with Crippen molar-refractivity contribution in [1.82, 2.24) is 0 Å². The Bertz CT molecular complexity index is 819. The number of ether oxygens (including phenoxy) is 3. The normalized spacial score (nSPS) is 58.5. The fraction of sp³-hybridized carbons (Fsp3) is 0.966. The summed E-state index contributed by atoms with van der Waals surface area (Å²) in [6.45, 7) is 11.8. The first-order chi connectivity index (χ1) is 16.1. The summed E-state index contributed by atoms with van der Waals surface area (Å²) < 4.78 is 18.9. The van der Waals surface area contributed by atoms with Crippen LogP contribution >= 0.6 is 0 Å². The molecule has 4 aliphatic carbocycles. The molecule has 5 nitrogen and oxygen atoms in total. The van der Waals surface area contributed by atoms with Crippen LogP contribution in [0.5, 0.6) is 0 Å². The highest BCUT2D eigenvalue weighted by atomic mass is 16.7. The van der Waals surface area contributed by atoms with Crippen molar-refractivity contribution >= 4 is 5.97 Å². The van der Waals surface area contributed by atoms with Gasteiger partial charge in [-0.15, -0.1) is 0 Å². The molecule has 5 heteroatoms. The third kappa shape index (κ3) is 3.18. The van der Waals surface area contributed by atoms with Crippen LogP contribution in [-0.2, 0) is 19.0 Å². The third-order valence-corrected chi connectivity index (χ3v) is 12.3. The minimum atomic E-state index is -0.425. The standard InChI is InChI=1S/C29H46O5/c1-16-8-11-29(32-15-16)17(2)26-24(34-29)13-23-21-7-6-19-12-20(33-18(3)30)9-10-27(19,4)22(21)14-25(31)28(23,26)5/h16-17,19-26,31H,6-15H2,1-5H3. The second-order valence-corrected chi connectivity index (χ2v) is 13.8. The van der Waals surface area contributed by atoms with Crippen LogP contribution in [0, 0.1) is 52.3 Å². The lowest BCUT2D eigenvalue weighted by Crippen LogP contribution is -2.59. The molecule has 6 fully saturated rings. The summed E-state index contributed by atoms with van der Waals surface area (Å²) >= 11 is 0. The molecule has 0 aromatic rings. The summed E-state index contributed by atoms with van der Waals surface area (Å²) in [5.74, 6) is 3.11. The average Bonchev–Trinajstić information content (AvgIpc) is 3.23. The van der Waals surface area contributed by atoms with Gasteiger partial charge in [-0.2, -0.15) is 0 Å². The van der Waals surface area contributed by atoms with Gasteiger partial charge in [0.15, 0.2) is 5.79 Å². The lowest BCUT2D eigenvalue weighted by molar-refractivity contribution is -0.274. The SMILES string of the molecule is CC(=O)OC1CCC2(C)C(CCC3C2CC(O)C2(C)C3CC3OC4(CCC(C)CO4)C(C)C32)C1. The first kappa shape index (κ1) is 23.7. The highest BCUT2D eigenvalue weighted by Crippen LogP contribution is 2.71. The van der Waals surface area contributed by atoms with Gasteiger partial charge in [0, 0.05) is 30.6 Å². The van der Waals surface area contributed by atoms with Crippen LogP contribution in [0.2, 0.25) is 0 Å². The lowest BCUT2D eigenvalue weighted by atomic mass is 9.43. The van der Waals surface area contributed by atoms with Gasteiger partial charge < -0.3 is 19.3 Å². The van der Waals surface area contributed by atoms with Gasteiger partial charge in [0.1, 0.15) is 6.10 Å². The Morgan fingerprint density at radius 2 is 1.79 bits per heavy atom. The largest absolute Gasteiger partial charge is 0.463 e. The highest BCUT2D eigenvalue weighted by molar-refractivity contribution is 5.66. The summed E-state index contributed by atoms with van der Waals surface area (Å²) in [5.41, 5.74) is 0.162. The average molecular weight is 475 g/mol. The van der Waals surface area contributed by atoms with E-state index < -0.39 is 5.79 Å². The van der Waals surface area contributed by atoms with Crippen LogP contribution < -0.4 is 0 Å². The number of esters is 1. The molecule has 2 saturated heterocycles. The zero-order valence-corrected chi connectivity index (χ0v) is 21.9. The number of aliphatic hydroxyl groups excluding tert-OH is 1. The molecule has 0 radical (unpaired) electrons. The van der Waals surface area contributed by atoms with Gasteiger partial charge in [0.25, 0.3) is 0 Å². The van der Waals surface area contributed by atoms with E-state index in [-0.39, 0.29) is 35.1 Å². The first-order valence-electron chi connectivity index (χ1n) is 14.3. The van der Waals surface area contributed by atoms with Gasteiger partial charge in [-0.1, -0.05) is 27.7 Å². The summed E-state index contributed by atoms with van der Waals surface area (Å²) in [6, 6.07) is 0. The molecule has 6 rings (SSSR count). The van der Waals surface area contributed by atoms with Crippen molar-refractivity contribution < 1.29 is 24.1 Å². The van der Waals surface area contributed by atoms with E-state index in [0.717, 1.165) is 45.1 Å². The van der Waals surface area contributed by atoms with Crippen LogP contribution in [0.15, 0.2) is 0 Å². The molecule has 2 heterocycles. The zero-order valence-electron chi connectivity index (χ0n) is 21.9. The van der Waals surface area contributed by atoms with Gasteiger partial charge in [0.05, 0.1) is 18.8 Å². The molecule has 0 bridgehead atoms. The minimum absolute atomic E-state index is 0.0837. The van der Waals surface area contributed by atoms with E-state index in [0.29, 0.717) is 41.4 Å². The fourth-order valence-corrected chi connectivity index (χ4v) is 10.5. The molecule has 1 spiro atoms. The number of rotatable bonds is 1. The molecule has 0 aromatic carbocycles. The van der Waals surface area contributed by atoms with E-state index in [1.165, 1.54) is 26.2 Å². The fourth-order valence-electron chi connectivity index (χ4n) is 10.5. The van der Waals surface area contributed by atoms with Crippen molar-refractivity contribution in [3.63, 3.8) is 0 Å². The molecular formula is C29H46O5. The predicted molar refractivity (Wildman–Crippen MR) is 129 cm³/mol. The second kappa shape index (κ2) is 7.92. The van der Waals surface area contributed by atoms with E-state index in [4.69, 9.17) is 14.2 Å². The quantitative estimate of drug-likeness (QED) is 0.520. The maximum Gasteiger partial charge on any atom is 0.302 e. The summed E-state index contributed by atoms with van der Waals surface area (Å²) in [4.78, 5) is 11.6. The van der Waals surface area contributed by atoms with Crippen molar-refractivity contribution in [3.05, 3.63) is 0 Å². The van der Waals surface area contributed by atoms with Gasteiger partial charge in [-0.25, -0.2) is 0 Å². The Labute approximate surface area is 205 Å². The second-order valence-electron chi connectivity index (χ2n) is 13.8. The first-order valence-corrected chi connectivity index (χ1v) is 14.3. The van der Waals surface area contributed by atoms with Crippen LogP contribution in [0.1, 0.15) is 92.4 Å². The number of hydrogen-bond acceptors (Lipinski definition) is 5. The number of carbonyl (C=O) groups excluding carboxylic acids is 1. The van der Waals surface area contributed by atoms with E-state index in [1.54, 1.807) is 0 Å². The predicted octanol–water partition coefficient (Wildman–Crippen LogP) is 5.34. The highest BCUT2D eigenvalue weighted by Gasteiger charge is 2.71. The molecule has 34 heavy (non-hydrogen) atoms. The molecule has 0 aromatic heterocycles. The number of carbonyl (C=O) groups is 1. The molecule has 192 valence electrons. The van der Waals surface area contributed by atoms with E-state index in [1.807, 2.05) is 0 Å². The molecular weight excluding hydrogens is 428 g/mol. The van der Waals surface area contributed by atoms with E-state index in [2.05, 4.69) is 27.7 Å². The van der Waals surface area contributed by atoms with Gasteiger partial charge >= 0.3 is 5.97 Å². The summed E-state index contributed by atoms with van der Waals surface area (Å²) in [5, 5.41) is 11.9. The van der Waals surface area contributed by atoms with Crippen molar-refractivity contribution in [1.29, 1.82) is 0 Å².